The summed E-state index contributed by atoms with van der Waals surface area (Å²) in [6.45, 7) is 4.11. The van der Waals surface area contributed by atoms with Crippen LogP contribution in [0.15, 0.2) is 64.5 Å². The average Bonchev–Trinajstić information content (AvgIpc) is 3.48. The van der Waals surface area contributed by atoms with Crippen LogP contribution >= 0.6 is 11.3 Å². The summed E-state index contributed by atoms with van der Waals surface area (Å²) in [5.41, 5.74) is 4.29. The summed E-state index contributed by atoms with van der Waals surface area (Å²) in [5.74, 6) is 0.710. The predicted octanol–water partition coefficient (Wildman–Crippen LogP) is 3.99. The number of anilines is 1. The van der Waals surface area contributed by atoms with Crippen LogP contribution in [-0.4, -0.2) is 60.6 Å². The minimum absolute atomic E-state index is 0.232. The molecule has 0 radical (unpaired) electrons. The van der Waals surface area contributed by atoms with E-state index in [1.807, 2.05) is 60.0 Å². The zero-order valence-electron chi connectivity index (χ0n) is 18.1. The molecule has 1 aliphatic rings. The molecule has 0 bridgehead atoms. The second-order valence-electron chi connectivity index (χ2n) is 8.05. The number of β-amino-alcohol motifs (C(OH)–C–C–N with tert-alkyl or cyclic N) is 1. The van der Waals surface area contributed by atoms with Crippen molar-refractivity contribution in [1.29, 1.82) is 5.26 Å². The second-order valence-corrected chi connectivity index (χ2v) is 8.97. The summed E-state index contributed by atoms with van der Waals surface area (Å²) in [7, 11) is 0. The summed E-state index contributed by atoms with van der Waals surface area (Å²) in [6.07, 6.45) is -0.580. The Hall–Kier alpha value is -3.38. The first-order valence-corrected chi connectivity index (χ1v) is 11.8. The van der Waals surface area contributed by atoms with Crippen molar-refractivity contribution in [3.05, 3.63) is 65.5 Å². The lowest BCUT2D eigenvalue weighted by Crippen LogP contribution is -2.49. The van der Waals surface area contributed by atoms with Crippen LogP contribution in [0.2, 0.25) is 0 Å². The first kappa shape index (κ1) is 21.5. The molecule has 1 N–H and O–H groups in total. The fourth-order valence-corrected chi connectivity index (χ4v) is 4.95. The molecule has 1 atom stereocenters. The highest BCUT2D eigenvalue weighted by Crippen LogP contribution is 2.32. The standard InChI is InChI=1S/C25H24N4O3S/c26-15-19-3-1-2-4-22(19)29-12-10-28(11-13-29)16-20(30)17-31-21-7-5-18(6-8-21)24-25-23(32-27-24)9-14-33-25/h1-9,14,20,30H,10-13,16-17H2/t20-/m1/s1. The normalized spacial score (nSPS) is 15.5. The molecular weight excluding hydrogens is 436 g/mol. The fraction of sp³-hybridized carbons (Fsp3) is 0.280. The van der Waals surface area contributed by atoms with Crippen molar-refractivity contribution in [3.8, 4) is 23.1 Å². The molecular formula is C25H24N4O3S. The van der Waals surface area contributed by atoms with Gasteiger partial charge < -0.3 is 19.3 Å². The second kappa shape index (κ2) is 9.63. The molecule has 0 unspecified atom stereocenters. The Morgan fingerprint density at radius 1 is 1.09 bits per heavy atom. The number of hydrogen-bond donors (Lipinski definition) is 1. The third kappa shape index (κ3) is 4.71. The first-order valence-electron chi connectivity index (χ1n) is 10.9. The van der Waals surface area contributed by atoms with Gasteiger partial charge in [-0.25, -0.2) is 0 Å². The first-order chi connectivity index (χ1) is 16.2. The smallest absolute Gasteiger partial charge is 0.178 e. The van der Waals surface area contributed by atoms with Crippen molar-refractivity contribution in [1.82, 2.24) is 10.1 Å². The molecule has 33 heavy (non-hydrogen) atoms. The van der Waals surface area contributed by atoms with Crippen molar-refractivity contribution in [2.75, 3.05) is 44.2 Å². The Morgan fingerprint density at radius 2 is 1.88 bits per heavy atom. The minimum Gasteiger partial charge on any atom is -0.491 e. The lowest BCUT2D eigenvalue weighted by molar-refractivity contribution is 0.0663. The van der Waals surface area contributed by atoms with Crippen molar-refractivity contribution < 1.29 is 14.4 Å². The van der Waals surface area contributed by atoms with Crippen LogP contribution in [0.5, 0.6) is 5.75 Å². The molecule has 2 aromatic heterocycles. The van der Waals surface area contributed by atoms with Crippen molar-refractivity contribution in [2.24, 2.45) is 0 Å². The number of aliphatic hydroxyl groups excluding tert-OH is 1. The van der Waals surface area contributed by atoms with Gasteiger partial charge in [0.1, 0.15) is 34.9 Å². The minimum atomic E-state index is -0.580. The van der Waals surface area contributed by atoms with E-state index in [1.54, 1.807) is 11.3 Å². The predicted molar refractivity (Wildman–Crippen MR) is 129 cm³/mol. The van der Waals surface area contributed by atoms with Gasteiger partial charge >= 0.3 is 0 Å². The lowest BCUT2D eigenvalue weighted by atomic mass is 10.1. The maximum absolute atomic E-state index is 10.5. The number of aliphatic hydroxyl groups is 1. The maximum atomic E-state index is 10.5. The molecule has 168 valence electrons. The van der Waals surface area contributed by atoms with Gasteiger partial charge in [0.15, 0.2) is 5.58 Å². The van der Waals surface area contributed by atoms with E-state index in [1.165, 1.54) is 0 Å². The summed E-state index contributed by atoms with van der Waals surface area (Å²) >= 11 is 1.61. The molecule has 0 saturated carbocycles. The van der Waals surface area contributed by atoms with Gasteiger partial charge in [-0.05, 0) is 47.8 Å². The molecule has 0 aliphatic carbocycles. The molecule has 5 rings (SSSR count). The number of aromatic nitrogens is 1. The van der Waals surface area contributed by atoms with Crippen molar-refractivity contribution in [3.63, 3.8) is 0 Å². The number of hydrogen-bond acceptors (Lipinski definition) is 8. The van der Waals surface area contributed by atoms with E-state index in [-0.39, 0.29) is 6.61 Å². The van der Waals surface area contributed by atoms with Gasteiger partial charge in [-0.2, -0.15) is 5.26 Å². The van der Waals surface area contributed by atoms with Crippen LogP contribution in [0.3, 0.4) is 0 Å². The van der Waals surface area contributed by atoms with Gasteiger partial charge in [0.25, 0.3) is 0 Å². The molecule has 8 heteroatoms. The zero-order valence-corrected chi connectivity index (χ0v) is 18.9. The van der Waals surface area contributed by atoms with Gasteiger partial charge in [-0.3, -0.25) is 4.90 Å². The van der Waals surface area contributed by atoms with Gasteiger partial charge in [0, 0.05) is 38.3 Å². The Morgan fingerprint density at radius 3 is 2.67 bits per heavy atom. The zero-order chi connectivity index (χ0) is 22.6. The summed E-state index contributed by atoms with van der Waals surface area (Å²) in [4.78, 5) is 4.47. The molecule has 2 aromatic carbocycles. The molecule has 3 heterocycles. The van der Waals surface area contributed by atoms with Gasteiger partial charge in [-0.15, -0.1) is 11.3 Å². The average molecular weight is 461 g/mol. The van der Waals surface area contributed by atoms with E-state index in [0.29, 0.717) is 17.9 Å². The number of nitrogens with zero attached hydrogens (tertiary/aromatic N) is 4. The summed E-state index contributed by atoms with van der Waals surface area (Å²) < 4.78 is 12.2. The molecule has 0 spiro atoms. The Bertz CT molecular complexity index is 1250. The van der Waals surface area contributed by atoms with E-state index in [9.17, 15) is 10.4 Å². The quantitative estimate of drug-likeness (QED) is 0.446. The third-order valence-corrected chi connectivity index (χ3v) is 6.76. The van der Waals surface area contributed by atoms with Crippen LogP contribution in [0, 0.1) is 11.3 Å². The monoisotopic (exact) mass is 460 g/mol. The number of benzene rings is 2. The van der Waals surface area contributed by atoms with E-state index in [0.717, 1.165) is 53.4 Å². The highest BCUT2D eigenvalue weighted by molar-refractivity contribution is 7.17. The summed E-state index contributed by atoms with van der Waals surface area (Å²) in [6, 6.07) is 19.6. The molecule has 7 nitrogen and oxygen atoms in total. The molecule has 0 amide bonds. The van der Waals surface area contributed by atoms with E-state index in [2.05, 4.69) is 21.0 Å². The Labute approximate surface area is 196 Å². The van der Waals surface area contributed by atoms with Crippen LogP contribution < -0.4 is 9.64 Å². The van der Waals surface area contributed by atoms with Gasteiger partial charge in [-0.1, -0.05) is 17.3 Å². The molecule has 1 aliphatic heterocycles. The lowest BCUT2D eigenvalue weighted by Gasteiger charge is -2.37. The number of fused-ring (bicyclic) bond motifs is 1. The van der Waals surface area contributed by atoms with E-state index >= 15 is 0 Å². The molecule has 1 saturated heterocycles. The summed E-state index contributed by atoms with van der Waals surface area (Å²) in [5, 5.41) is 26.0. The largest absolute Gasteiger partial charge is 0.491 e. The number of piperazine rings is 1. The number of nitriles is 1. The van der Waals surface area contributed by atoms with Crippen LogP contribution in [-0.2, 0) is 0 Å². The van der Waals surface area contributed by atoms with Crippen molar-refractivity contribution >= 4 is 27.3 Å². The van der Waals surface area contributed by atoms with Crippen molar-refractivity contribution in [2.45, 2.75) is 6.10 Å². The van der Waals surface area contributed by atoms with Gasteiger partial charge in [0.2, 0.25) is 0 Å². The maximum Gasteiger partial charge on any atom is 0.178 e. The van der Waals surface area contributed by atoms with Gasteiger partial charge in [0.05, 0.1) is 11.3 Å². The fourth-order valence-electron chi connectivity index (χ4n) is 4.13. The van der Waals surface area contributed by atoms with Crippen LogP contribution in [0.4, 0.5) is 5.69 Å². The Balaban J connectivity index is 1.10. The highest BCUT2D eigenvalue weighted by Gasteiger charge is 2.21. The van der Waals surface area contributed by atoms with E-state index < -0.39 is 6.10 Å². The highest BCUT2D eigenvalue weighted by atomic mass is 32.1. The topological polar surface area (TPSA) is 85.8 Å². The molecule has 1 fully saturated rings. The number of rotatable bonds is 7. The third-order valence-electron chi connectivity index (χ3n) is 5.86. The number of para-hydroxylation sites is 1. The Kier molecular flexibility index (Phi) is 6.26. The number of thiophene rings is 1. The molecule has 4 aromatic rings. The van der Waals surface area contributed by atoms with Crippen LogP contribution in [0.25, 0.3) is 21.5 Å². The van der Waals surface area contributed by atoms with Crippen LogP contribution in [0.1, 0.15) is 5.56 Å². The SMILES string of the molecule is N#Cc1ccccc1N1CCN(C[C@@H](O)COc2ccc(-c3noc4ccsc34)cc2)CC1. The van der Waals surface area contributed by atoms with E-state index in [4.69, 9.17) is 9.26 Å². The number of ether oxygens (including phenoxy) is 1.